The highest BCUT2D eigenvalue weighted by Crippen LogP contribution is 2.24. The lowest BCUT2D eigenvalue weighted by Gasteiger charge is -2.23. The van der Waals surface area contributed by atoms with Crippen LogP contribution in [0.25, 0.3) is 10.8 Å². The van der Waals surface area contributed by atoms with E-state index in [-0.39, 0.29) is 4.90 Å². The summed E-state index contributed by atoms with van der Waals surface area (Å²) in [6.45, 7) is 2.92. The van der Waals surface area contributed by atoms with Gasteiger partial charge in [0.2, 0.25) is 10.0 Å². The molecule has 5 nitrogen and oxygen atoms in total. The summed E-state index contributed by atoms with van der Waals surface area (Å²) in [7, 11) is -2.63. The Morgan fingerprint density at radius 1 is 1.10 bits per heavy atom. The van der Waals surface area contributed by atoms with Crippen LogP contribution < -0.4 is 4.72 Å². The van der Waals surface area contributed by atoms with Gasteiger partial charge >= 0.3 is 5.97 Å². The lowest BCUT2D eigenvalue weighted by Crippen LogP contribution is -2.50. The second-order valence-corrected chi connectivity index (χ2v) is 6.85. The summed E-state index contributed by atoms with van der Waals surface area (Å²) in [5, 5.41) is 1.42. The number of methoxy groups -OCH3 is 1. The summed E-state index contributed by atoms with van der Waals surface area (Å²) in [5.41, 5.74) is -1.34. The van der Waals surface area contributed by atoms with Crippen molar-refractivity contribution >= 4 is 26.8 Å². The third-order valence-corrected chi connectivity index (χ3v) is 4.84. The minimum atomic E-state index is -3.85. The van der Waals surface area contributed by atoms with E-state index in [0.717, 1.165) is 5.39 Å². The Kier molecular flexibility index (Phi) is 4.02. The zero-order valence-electron chi connectivity index (χ0n) is 12.1. The van der Waals surface area contributed by atoms with E-state index in [1.54, 1.807) is 18.2 Å². The van der Waals surface area contributed by atoms with Crippen LogP contribution >= 0.6 is 0 Å². The van der Waals surface area contributed by atoms with Crippen molar-refractivity contribution in [1.29, 1.82) is 0 Å². The average Bonchev–Trinajstić information content (AvgIpc) is 2.44. The molecule has 112 valence electrons. The van der Waals surface area contributed by atoms with Crippen LogP contribution in [-0.4, -0.2) is 27.0 Å². The Labute approximate surface area is 124 Å². The molecule has 0 saturated carbocycles. The van der Waals surface area contributed by atoms with E-state index in [0.29, 0.717) is 5.39 Å². The van der Waals surface area contributed by atoms with Gasteiger partial charge in [-0.2, -0.15) is 4.72 Å². The minimum absolute atomic E-state index is 0.137. The normalized spacial score (nSPS) is 12.3. The van der Waals surface area contributed by atoms with Crippen molar-refractivity contribution in [3.8, 4) is 0 Å². The second-order valence-electron chi connectivity index (χ2n) is 5.20. The molecular formula is C15H17NO4S. The number of nitrogens with one attached hydrogen (secondary N) is 1. The van der Waals surface area contributed by atoms with E-state index < -0.39 is 21.5 Å². The predicted octanol–water partition coefficient (Wildman–Crippen LogP) is 2.07. The van der Waals surface area contributed by atoms with Crippen molar-refractivity contribution in [2.45, 2.75) is 24.3 Å². The molecule has 0 saturated heterocycles. The number of benzene rings is 2. The van der Waals surface area contributed by atoms with Crippen LogP contribution in [0.3, 0.4) is 0 Å². The minimum Gasteiger partial charge on any atom is -0.468 e. The summed E-state index contributed by atoms with van der Waals surface area (Å²) in [5.74, 6) is -0.647. The number of rotatable bonds is 4. The van der Waals surface area contributed by atoms with Gasteiger partial charge in [0.15, 0.2) is 0 Å². The van der Waals surface area contributed by atoms with E-state index >= 15 is 0 Å². The van der Waals surface area contributed by atoms with Crippen molar-refractivity contribution in [2.75, 3.05) is 7.11 Å². The molecule has 0 aliphatic carbocycles. The lowest BCUT2D eigenvalue weighted by atomic mass is 10.1. The second kappa shape index (κ2) is 5.46. The fraction of sp³-hybridized carbons (Fsp3) is 0.267. The summed E-state index contributed by atoms with van der Waals surface area (Å²) < 4.78 is 32.1. The SMILES string of the molecule is COC(=O)C(C)(C)NS(=O)(=O)c1cccc2ccccc12. The monoisotopic (exact) mass is 307 g/mol. The Morgan fingerprint density at radius 3 is 2.38 bits per heavy atom. The molecule has 2 aromatic carbocycles. The van der Waals surface area contributed by atoms with Gasteiger partial charge in [-0.05, 0) is 25.3 Å². The molecule has 2 rings (SSSR count). The third kappa shape index (κ3) is 3.06. The van der Waals surface area contributed by atoms with Crippen molar-refractivity contribution in [1.82, 2.24) is 4.72 Å². The summed E-state index contributed by atoms with van der Waals surface area (Å²) in [6, 6.07) is 12.2. The van der Waals surface area contributed by atoms with Gasteiger partial charge in [0, 0.05) is 5.39 Å². The first kappa shape index (κ1) is 15.5. The molecule has 2 aromatic rings. The zero-order chi connectivity index (χ0) is 15.7. The van der Waals surface area contributed by atoms with Crippen molar-refractivity contribution in [2.24, 2.45) is 0 Å². The van der Waals surface area contributed by atoms with Crippen LogP contribution in [0.2, 0.25) is 0 Å². The number of sulfonamides is 1. The zero-order valence-corrected chi connectivity index (χ0v) is 12.9. The molecule has 0 amide bonds. The van der Waals surface area contributed by atoms with E-state index in [1.165, 1.54) is 27.0 Å². The smallest absolute Gasteiger partial charge is 0.326 e. The molecule has 0 heterocycles. The molecule has 0 aromatic heterocycles. The Morgan fingerprint density at radius 2 is 1.71 bits per heavy atom. The first-order valence-corrected chi connectivity index (χ1v) is 7.86. The third-order valence-electron chi connectivity index (χ3n) is 3.12. The van der Waals surface area contributed by atoms with Crippen LogP contribution in [0.4, 0.5) is 0 Å². The van der Waals surface area contributed by atoms with Gasteiger partial charge < -0.3 is 4.74 Å². The molecule has 6 heteroatoms. The number of hydrogen-bond acceptors (Lipinski definition) is 4. The van der Waals surface area contributed by atoms with Gasteiger partial charge in [-0.25, -0.2) is 8.42 Å². The molecule has 0 spiro atoms. The number of esters is 1. The predicted molar refractivity (Wildman–Crippen MR) is 80.4 cm³/mol. The largest absolute Gasteiger partial charge is 0.468 e. The molecule has 0 aliphatic heterocycles. The number of fused-ring (bicyclic) bond motifs is 1. The highest BCUT2D eigenvalue weighted by molar-refractivity contribution is 7.89. The van der Waals surface area contributed by atoms with E-state index in [9.17, 15) is 13.2 Å². The average molecular weight is 307 g/mol. The molecule has 0 bridgehead atoms. The molecule has 0 atom stereocenters. The molecule has 1 N–H and O–H groups in total. The first-order chi connectivity index (χ1) is 9.78. The summed E-state index contributed by atoms with van der Waals surface area (Å²) >= 11 is 0. The maximum absolute atomic E-state index is 12.6. The van der Waals surface area contributed by atoms with Gasteiger partial charge in [-0.15, -0.1) is 0 Å². The fourth-order valence-electron chi connectivity index (χ4n) is 2.12. The van der Waals surface area contributed by atoms with Gasteiger partial charge in [0.1, 0.15) is 5.54 Å². The van der Waals surface area contributed by atoms with Gasteiger partial charge in [-0.3, -0.25) is 4.79 Å². The van der Waals surface area contributed by atoms with Crippen LogP contribution in [0, 0.1) is 0 Å². The van der Waals surface area contributed by atoms with Gasteiger partial charge in [0.25, 0.3) is 0 Å². The van der Waals surface area contributed by atoms with Crippen molar-refractivity contribution in [3.05, 3.63) is 42.5 Å². The van der Waals surface area contributed by atoms with E-state index in [4.69, 9.17) is 0 Å². The van der Waals surface area contributed by atoms with Crippen LogP contribution in [0.5, 0.6) is 0 Å². The van der Waals surface area contributed by atoms with Gasteiger partial charge in [-0.1, -0.05) is 36.4 Å². The first-order valence-electron chi connectivity index (χ1n) is 6.38. The topological polar surface area (TPSA) is 72.5 Å². The highest BCUT2D eigenvalue weighted by atomic mass is 32.2. The Bertz CT molecular complexity index is 776. The van der Waals surface area contributed by atoms with Crippen molar-refractivity contribution < 1.29 is 17.9 Å². The maximum atomic E-state index is 12.6. The number of hydrogen-bond donors (Lipinski definition) is 1. The van der Waals surface area contributed by atoms with Crippen molar-refractivity contribution in [3.63, 3.8) is 0 Å². The fourth-order valence-corrected chi connectivity index (χ4v) is 3.72. The van der Waals surface area contributed by atoms with Crippen LogP contribution in [0.15, 0.2) is 47.4 Å². The van der Waals surface area contributed by atoms with Crippen LogP contribution in [-0.2, 0) is 19.6 Å². The molecule has 0 radical (unpaired) electrons. The lowest BCUT2D eigenvalue weighted by molar-refractivity contribution is -0.146. The number of carbonyl (C=O) groups excluding carboxylic acids is 1. The molecule has 21 heavy (non-hydrogen) atoms. The Balaban J connectivity index is 2.51. The summed E-state index contributed by atoms with van der Waals surface area (Å²) in [6.07, 6.45) is 0. The molecule has 0 fully saturated rings. The Hall–Kier alpha value is -1.92. The number of carbonyl (C=O) groups is 1. The molecule has 0 aliphatic rings. The highest BCUT2D eigenvalue weighted by Gasteiger charge is 2.34. The van der Waals surface area contributed by atoms with E-state index in [2.05, 4.69) is 9.46 Å². The quantitative estimate of drug-likeness (QED) is 0.878. The maximum Gasteiger partial charge on any atom is 0.326 e. The molecular weight excluding hydrogens is 290 g/mol. The number of ether oxygens (including phenoxy) is 1. The van der Waals surface area contributed by atoms with Gasteiger partial charge in [0.05, 0.1) is 12.0 Å². The standard InChI is InChI=1S/C15H17NO4S/c1-15(2,14(17)20-3)16-21(18,19)13-10-6-8-11-7-4-5-9-12(11)13/h4-10,16H,1-3H3. The summed E-state index contributed by atoms with van der Waals surface area (Å²) in [4.78, 5) is 11.8. The van der Waals surface area contributed by atoms with E-state index in [1.807, 2.05) is 18.2 Å². The molecule has 0 unspecified atom stereocenters. The van der Waals surface area contributed by atoms with Crippen LogP contribution in [0.1, 0.15) is 13.8 Å².